The van der Waals surface area contributed by atoms with Crippen LogP contribution in [0.4, 0.5) is 0 Å². The van der Waals surface area contributed by atoms with Gasteiger partial charge in [-0.05, 0) is 50.2 Å². The molecule has 1 aromatic rings. The van der Waals surface area contributed by atoms with Crippen molar-refractivity contribution in [2.24, 2.45) is 5.92 Å². The molecule has 0 radical (unpaired) electrons. The summed E-state index contributed by atoms with van der Waals surface area (Å²) in [4.78, 5) is 14.4. The number of sulfone groups is 1. The quantitative estimate of drug-likeness (QED) is 0.745. The fourth-order valence-corrected chi connectivity index (χ4v) is 4.64. The zero-order valence-electron chi connectivity index (χ0n) is 15.7. The zero-order chi connectivity index (χ0) is 18.4. The summed E-state index contributed by atoms with van der Waals surface area (Å²) in [6.07, 6.45) is 4.20. The number of aryl methyl sites for hydroxylation is 1. The Kier molecular flexibility index (Phi) is 7.05. The van der Waals surface area contributed by atoms with Crippen LogP contribution in [0.3, 0.4) is 0 Å². The largest absolute Gasteiger partial charge is 0.342 e. The summed E-state index contributed by atoms with van der Waals surface area (Å²) in [5.74, 6) is 0.587. The molecule has 0 N–H and O–H groups in total. The maximum atomic E-state index is 12.5. The van der Waals surface area contributed by atoms with Gasteiger partial charge >= 0.3 is 0 Å². The molecule has 2 rings (SSSR count). The van der Waals surface area contributed by atoms with Crippen LogP contribution in [0.15, 0.2) is 24.3 Å². The van der Waals surface area contributed by atoms with Gasteiger partial charge in [-0.1, -0.05) is 37.6 Å². The van der Waals surface area contributed by atoms with Gasteiger partial charge in [-0.2, -0.15) is 0 Å². The van der Waals surface area contributed by atoms with Gasteiger partial charge in [-0.25, -0.2) is 8.42 Å². The standard InChI is InChI=1S/C20H31NO3S/c1-4-5-17-6-8-18(9-7-17)14-20(22)21-12-10-19(11-13-21)15-25(23,24)16(2)3/h6-9,16,19H,4-5,10-15H2,1-3H3. The number of benzene rings is 1. The van der Waals surface area contributed by atoms with Crippen molar-refractivity contribution in [3.8, 4) is 0 Å². The van der Waals surface area contributed by atoms with E-state index in [9.17, 15) is 13.2 Å². The minimum Gasteiger partial charge on any atom is -0.342 e. The van der Waals surface area contributed by atoms with Crippen molar-refractivity contribution in [3.63, 3.8) is 0 Å². The number of amides is 1. The van der Waals surface area contributed by atoms with E-state index in [0.717, 1.165) is 31.2 Å². The van der Waals surface area contributed by atoms with Gasteiger partial charge in [0.1, 0.15) is 0 Å². The Labute approximate surface area is 152 Å². The predicted octanol–water partition coefficient (Wildman–Crippen LogP) is 3.24. The molecule has 1 amide bonds. The summed E-state index contributed by atoms with van der Waals surface area (Å²) in [6.45, 7) is 6.98. The molecule has 4 nitrogen and oxygen atoms in total. The van der Waals surface area contributed by atoms with E-state index in [2.05, 4.69) is 19.1 Å². The van der Waals surface area contributed by atoms with Crippen LogP contribution in [0.25, 0.3) is 0 Å². The van der Waals surface area contributed by atoms with Gasteiger partial charge in [-0.3, -0.25) is 4.79 Å². The van der Waals surface area contributed by atoms with Gasteiger partial charge in [0, 0.05) is 13.1 Å². The fraction of sp³-hybridized carbons (Fsp3) is 0.650. The molecule has 0 aromatic heterocycles. The van der Waals surface area contributed by atoms with Crippen LogP contribution in [0, 0.1) is 5.92 Å². The second-order valence-corrected chi connectivity index (χ2v) is 10.0. The highest BCUT2D eigenvalue weighted by atomic mass is 32.2. The number of hydrogen-bond donors (Lipinski definition) is 0. The lowest BCUT2D eigenvalue weighted by Crippen LogP contribution is -2.41. The highest BCUT2D eigenvalue weighted by molar-refractivity contribution is 7.91. The molecule has 0 atom stereocenters. The molecule has 0 spiro atoms. The molecule has 1 heterocycles. The molecule has 0 unspecified atom stereocenters. The Balaban J connectivity index is 1.83. The predicted molar refractivity (Wildman–Crippen MR) is 102 cm³/mol. The van der Waals surface area contributed by atoms with Crippen molar-refractivity contribution in [1.82, 2.24) is 4.90 Å². The molecule has 0 saturated carbocycles. The first-order valence-electron chi connectivity index (χ1n) is 9.39. The van der Waals surface area contributed by atoms with Gasteiger partial charge in [-0.15, -0.1) is 0 Å². The van der Waals surface area contributed by atoms with Crippen LogP contribution in [0.1, 0.15) is 51.2 Å². The van der Waals surface area contributed by atoms with E-state index in [1.807, 2.05) is 17.0 Å². The molecule has 0 bridgehead atoms. The average Bonchev–Trinajstić information content (AvgIpc) is 2.57. The molecule has 0 aliphatic carbocycles. The smallest absolute Gasteiger partial charge is 0.226 e. The van der Waals surface area contributed by atoms with Gasteiger partial charge in [0.15, 0.2) is 9.84 Å². The molecular weight excluding hydrogens is 334 g/mol. The van der Waals surface area contributed by atoms with Gasteiger partial charge < -0.3 is 4.90 Å². The second-order valence-electron chi connectivity index (χ2n) is 7.45. The van der Waals surface area contributed by atoms with Crippen LogP contribution >= 0.6 is 0 Å². The summed E-state index contributed by atoms with van der Waals surface area (Å²) in [7, 11) is -3.00. The van der Waals surface area contributed by atoms with Crippen LogP contribution in [-0.2, 0) is 27.5 Å². The number of likely N-dealkylation sites (tertiary alicyclic amines) is 1. The van der Waals surface area contributed by atoms with E-state index in [1.54, 1.807) is 13.8 Å². The number of hydrogen-bond acceptors (Lipinski definition) is 3. The first kappa shape index (κ1) is 20.0. The normalized spacial score (nSPS) is 16.4. The van der Waals surface area contributed by atoms with Crippen molar-refractivity contribution in [1.29, 1.82) is 0 Å². The van der Waals surface area contributed by atoms with E-state index in [0.29, 0.717) is 19.5 Å². The Bertz CT molecular complexity index is 657. The van der Waals surface area contributed by atoms with Crippen molar-refractivity contribution in [2.75, 3.05) is 18.8 Å². The molecule has 1 saturated heterocycles. The Morgan fingerprint density at radius 3 is 2.20 bits per heavy atom. The fourth-order valence-electron chi connectivity index (χ4n) is 3.27. The minimum atomic E-state index is -3.00. The number of nitrogens with zero attached hydrogens (tertiary/aromatic N) is 1. The van der Waals surface area contributed by atoms with Crippen LogP contribution in [0.2, 0.25) is 0 Å². The van der Waals surface area contributed by atoms with E-state index in [1.165, 1.54) is 5.56 Å². The highest BCUT2D eigenvalue weighted by Gasteiger charge is 2.27. The number of piperidine rings is 1. The summed E-state index contributed by atoms with van der Waals surface area (Å²) >= 11 is 0. The maximum Gasteiger partial charge on any atom is 0.226 e. The number of rotatable bonds is 7. The van der Waals surface area contributed by atoms with Crippen molar-refractivity contribution < 1.29 is 13.2 Å². The van der Waals surface area contributed by atoms with Crippen LogP contribution in [0.5, 0.6) is 0 Å². The van der Waals surface area contributed by atoms with Crippen molar-refractivity contribution in [3.05, 3.63) is 35.4 Å². The Hall–Kier alpha value is -1.36. The molecule has 5 heteroatoms. The first-order valence-corrected chi connectivity index (χ1v) is 11.1. The zero-order valence-corrected chi connectivity index (χ0v) is 16.5. The highest BCUT2D eigenvalue weighted by Crippen LogP contribution is 2.21. The SMILES string of the molecule is CCCc1ccc(CC(=O)N2CCC(CS(=O)(=O)C(C)C)CC2)cc1. The molecule has 1 aliphatic heterocycles. The third-order valence-corrected chi connectivity index (χ3v) is 7.44. The minimum absolute atomic E-state index is 0.147. The summed E-state index contributed by atoms with van der Waals surface area (Å²) in [5.41, 5.74) is 2.36. The lowest BCUT2D eigenvalue weighted by Gasteiger charge is -2.32. The van der Waals surface area contributed by atoms with Crippen LogP contribution < -0.4 is 0 Å². The van der Waals surface area contributed by atoms with Crippen LogP contribution in [-0.4, -0.2) is 43.3 Å². The molecule has 1 aromatic carbocycles. The van der Waals surface area contributed by atoms with Gasteiger partial charge in [0.2, 0.25) is 5.91 Å². The molecule has 1 aliphatic rings. The lowest BCUT2D eigenvalue weighted by atomic mass is 9.98. The number of carbonyl (C=O) groups is 1. The molecule has 1 fully saturated rings. The third kappa shape index (κ3) is 5.84. The maximum absolute atomic E-state index is 12.5. The summed E-state index contributed by atoms with van der Waals surface area (Å²) < 4.78 is 24.1. The third-order valence-electron chi connectivity index (χ3n) is 5.07. The first-order chi connectivity index (χ1) is 11.8. The second kappa shape index (κ2) is 8.84. The molecule has 25 heavy (non-hydrogen) atoms. The van der Waals surface area contributed by atoms with E-state index >= 15 is 0 Å². The Morgan fingerprint density at radius 2 is 1.68 bits per heavy atom. The number of carbonyl (C=O) groups excluding carboxylic acids is 1. The van der Waals surface area contributed by atoms with Crippen molar-refractivity contribution in [2.45, 2.75) is 58.1 Å². The summed E-state index contributed by atoms with van der Waals surface area (Å²) in [6, 6.07) is 8.31. The van der Waals surface area contributed by atoms with Gasteiger partial charge in [0.05, 0.1) is 17.4 Å². The Morgan fingerprint density at radius 1 is 1.12 bits per heavy atom. The van der Waals surface area contributed by atoms with Crippen molar-refractivity contribution >= 4 is 15.7 Å². The monoisotopic (exact) mass is 365 g/mol. The van der Waals surface area contributed by atoms with Gasteiger partial charge in [0.25, 0.3) is 0 Å². The molecular formula is C20H31NO3S. The lowest BCUT2D eigenvalue weighted by molar-refractivity contribution is -0.131. The molecule has 140 valence electrons. The average molecular weight is 366 g/mol. The van der Waals surface area contributed by atoms with E-state index < -0.39 is 9.84 Å². The topological polar surface area (TPSA) is 54.5 Å². The summed E-state index contributed by atoms with van der Waals surface area (Å²) in [5, 5.41) is -0.317. The van der Waals surface area contributed by atoms with E-state index in [-0.39, 0.29) is 22.8 Å². The van der Waals surface area contributed by atoms with E-state index in [4.69, 9.17) is 0 Å².